The van der Waals surface area contributed by atoms with E-state index in [4.69, 9.17) is 0 Å². The fourth-order valence-corrected chi connectivity index (χ4v) is 4.79. The van der Waals surface area contributed by atoms with Crippen LogP contribution in [0, 0.1) is 0 Å². The highest BCUT2D eigenvalue weighted by atomic mass is 16.2. The van der Waals surface area contributed by atoms with Gasteiger partial charge >= 0.3 is 0 Å². The van der Waals surface area contributed by atoms with E-state index in [1.165, 1.54) is 11.1 Å². The van der Waals surface area contributed by atoms with Gasteiger partial charge in [-0.3, -0.25) is 9.59 Å². The zero-order valence-electron chi connectivity index (χ0n) is 16.8. The van der Waals surface area contributed by atoms with Crippen LogP contribution in [0.2, 0.25) is 0 Å². The lowest BCUT2D eigenvalue weighted by Crippen LogP contribution is -2.56. The summed E-state index contributed by atoms with van der Waals surface area (Å²) in [6.07, 6.45) is 0.878. The van der Waals surface area contributed by atoms with E-state index in [9.17, 15) is 9.59 Å². The van der Waals surface area contributed by atoms with Crippen molar-refractivity contribution in [3.8, 4) is 0 Å². The van der Waals surface area contributed by atoms with Gasteiger partial charge in [-0.15, -0.1) is 0 Å². The minimum Gasteiger partial charge on any atom is -0.332 e. The zero-order valence-corrected chi connectivity index (χ0v) is 16.8. The largest absolute Gasteiger partial charge is 0.332 e. The van der Waals surface area contributed by atoms with Crippen molar-refractivity contribution in [1.82, 2.24) is 9.80 Å². The number of amides is 2. The highest BCUT2D eigenvalue weighted by molar-refractivity contribution is 5.92. The van der Waals surface area contributed by atoms with Crippen LogP contribution in [0.5, 0.6) is 0 Å². The average Bonchev–Trinajstić information content (AvgIpc) is 2.80. The van der Waals surface area contributed by atoms with Gasteiger partial charge in [0.2, 0.25) is 11.8 Å². The number of nitrogens with zero attached hydrogens (tertiary/aromatic N) is 2. The normalized spacial score (nSPS) is 18.2. The van der Waals surface area contributed by atoms with Gasteiger partial charge in [-0.05, 0) is 28.7 Å². The van der Waals surface area contributed by atoms with Gasteiger partial charge in [0.05, 0.1) is 18.5 Å². The molecular formula is C26H24N2O2. The van der Waals surface area contributed by atoms with Crippen LogP contribution in [0.15, 0.2) is 84.9 Å². The highest BCUT2D eigenvalue weighted by Gasteiger charge is 2.40. The van der Waals surface area contributed by atoms with Gasteiger partial charge in [0.1, 0.15) is 0 Å². The van der Waals surface area contributed by atoms with E-state index >= 15 is 0 Å². The Morgan fingerprint density at radius 3 is 2.10 bits per heavy atom. The van der Waals surface area contributed by atoms with Gasteiger partial charge in [-0.1, -0.05) is 84.9 Å². The van der Waals surface area contributed by atoms with E-state index in [1.54, 1.807) is 4.90 Å². The summed E-state index contributed by atoms with van der Waals surface area (Å²) < 4.78 is 0. The number of rotatable bonds is 3. The van der Waals surface area contributed by atoms with Crippen molar-refractivity contribution in [2.24, 2.45) is 0 Å². The van der Waals surface area contributed by atoms with E-state index in [0.29, 0.717) is 6.54 Å². The molecule has 3 aromatic carbocycles. The number of piperazine rings is 1. The summed E-state index contributed by atoms with van der Waals surface area (Å²) in [5, 5.41) is 0. The summed E-state index contributed by atoms with van der Waals surface area (Å²) in [7, 11) is 0. The smallest absolute Gasteiger partial charge is 0.242 e. The van der Waals surface area contributed by atoms with Gasteiger partial charge in [-0.2, -0.15) is 0 Å². The average molecular weight is 396 g/mol. The minimum absolute atomic E-state index is 0.0107. The molecule has 0 aliphatic carbocycles. The summed E-state index contributed by atoms with van der Waals surface area (Å²) in [4.78, 5) is 30.5. The van der Waals surface area contributed by atoms with E-state index in [-0.39, 0.29) is 24.4 Å². The molecule has 0 saturated carbocycles. The first kappa shape index (κ1) is 18.6. The molecule has 2 aliphatic rings. The van der Waals surface area contributed by atoms with Crippen molar-refractivity contribution in [2.45, 2.75) is 18.4 Å². The first-order chi connectivity index (χ1) is 14.7. The number of hydrogen-bond donors (Lipinski definition) is 0. The second kappa shape index (κ2) is 7.79. The molecule has 30 heavy (non-hydrogen) atoms. The summed E-state index contributed by atoms with van der Waals surface area (Å²) in [5.41, 5.74) is 4.36. The molecule has 0 N–H and O–H groups in total. The van der Waals surface area contributed by atoms with E-state index in [2.05, 4.69) is 12.1 Å². The molecule has 2 aliphatic heterocycles. The van der Waals surface area contributed by atoms with Crippen molar-refractivity contribution in [3.05, 3.63) is 107 Å². The van der Waals surface area contributed by atoms with Gasteiger partial charge in [0, 0.05) is 13.1 Å². The predicted octanol–water partition coefficient (Wildman–Crippen LogP) is 3.79. The van der Waals surface area contributed by atoms with Crippen LogP contribution in [0.1, 0.15) is 34.2 Å². The SMILES string of the molecule is O=C(C(c1ccccc1)c1ccccc1)N1CC(=O)N2CCc3ccccc3[C@@H]2C1. The van der Waals surface area contributed by atoms with Gasteiger partial charge in [0.15, 0.2) is 0 Å². The second-order valence-corrected chi connectivity index (χ2v) is 8.02. The molecule has 2 amide bonds. The molecule has 0 spiro atoms. The molecule has 150 valence electrons. The Morgan fingerprint density at radius 1 is 0.833 bits per heavy atom. The Hall–Kier alpha value is -3.40. The van der Waals surface area contributed by atoms with Gasteiger partial charge < -0.3 is 9.80 Å². The number of fused-ring (bicyclic) bond motifs is 3. The molecule has 5 rings (SSSR count). The van der Waals surface area contributed by atoms with E-state index in [0.717, 1.165) is 24.1 Å². The molecule has 4 heteroatoms. The van der Waals surface area contributed by atoms with E-state index < -0.39 is 5.92 Å². The van der Waals surface area contributed by atoms with Gasteiger partial charge in [0.25, 0.3) is 0 Å². The molecule has 0 unspecified atom stereocenters. The minimum atomic E-state index is -0.411. The Balaban J connectivity index is 1.50. The number of carbonyl (C=O) groups is 2. The quantitative estimate of drug-likeness (QED) is 0.676. The molecular weight excluding hydrogens is 372 g/mol. The first-order valence-electron chi connectivity index (χ1n) is 10.5. The molecule has 1 fully saturated rings. The molecule has 0 aromatic heterocycles. The monoisotopic (exact) mass is 396 g/mol. The first-order valence-corrected chi connectivity index (χ1v) is 10.5. The molecule has 1 atom stereocenters. The summed E-state index contributed by atoms with van der Waals surface area (Å²) in [5.74, 6) is -0.386. The van der Waals surface area contributed by atoms with Crippen LogP contribution in [0.25, 0.3) is 0 Å². The Kier molecular flexibility index (Phi) is 4.83. The zero-order chi connectivity index (χ0) is 20.5. The predicted molar refractivity (Wildman–Crippen MR) is 116 cm³/mol. The van der Waals surface area contributed by atoms with Crippen LogP contribution in [0.3, 0.4) is 0 Å². The molecule has 2 heterocycles. The maximum Gasteiger partial charge on any atom is 0.242 e. The van der Waals surface area contributed by atoms with Crippen LogP contribution in [-0.2, 0) is 16.0 Å². The van der Waals surface area contributed by atoms with Crippen LogP contribution < -0.4 is 0 Å². The molecule has 1 saturated heterocycles. The van der Waals surface area contributed by atoms with Crippen molar-refractivity contribution in [2.75, 3.05) is 19.6 Å². The van der Waals surface area contributed by atoms with Crippen molar-refractivity contribution >= 4 is 11.8 Å². The van der Waals surface area contributed by atoms with Crippen LogP contribution >= 0.6 is 0 Å². The third kappa shape index (κ3) is 3.28. The van der Waals surface area contributed by atoms with Crippen LogP contribution in [-0.4, -0.2) is 41.2 Å². The Bertz CT molecular complexity index is 1030. The van der Waals surface area contributed by atoms with Crippen molar-refractivity contribution in [3.63, 3.8) is 0 Å². The molecule has 4 nitrogen and oxygen atoms in total. The lowest BCUT2D eigenvalue weighted by atomic mass is 9.87. The second-order valence-electron chi connectivity index (χ2n) is 8.02. The molecule has 0 radical (unpaired) electrons. The number of benzene rings is 3. The van der Waals surface area contributed by atoms with E-state index in [1.807, 2.05) is 77.7 Å². The summed E-state index contributed by atoms with van der Waals surface area (Å²) in [6, 6.07) is 27.9. The molecule has 3 aromatic rings. The Morgan fingerprint density at radius 2 is 1.43 bits per heavy atom. The number of hydrogen-bond acceptors (Lipinski definition) is 2. The fourth-order valence-electron chi connectivity index (χ4n) is 4.79. The lowest BCUT2D eigenvalue weighted by molar-refractivity contribution is -0.149. The summed E-state index contributed by atoms with van der Waals surface area (Å²) in [6.45, 7) is 1.41. The molecule has 0 bridgehead atoms. The van der Waals surface area contributed by atoms with Crippen molar-refractivity contribution < 1.29 is 9.59 Å². The topological polar surface area (TPSA) is 40.6 Å². The van der Waals surface area contributed by atoms with Gasteiger partial charge in [-0.25, -0.2) is 0 Å². The Labute approximate surface area is 176 Å². The maximum absolute atomic E-state index is 13.8. The van der Waals surface area contributed by atoms with Crippen LogP contribution in [0.4, 0.5) is 0 Å². The maximum atomic E-state index is 13.8. The lowest BCUT2D eigenvalue weighted by Gasteiger charge is -2.45. The number of carbonyl (C=O) groups excluding carboxylic acids is 2. The third-order valence-corrected chi connectivity index (χ3v) is 6.28. The highest BCUT2D eigenvalue weighted by Crippen LogP contribution is 2.35. The fraction of sp³-hybridized carbons (Fsp3) is 0.231. The standard InChI is InChI=1S/C26H24N2O2/c29-24-18-27(17-23-22-14-8-7-9-19(22)15-16-28(23)24)26(30)25(20-10-3-1-4-11-20)21-12-5-2-6-13-21/h1-14,23,25H,15-18H2/t23-/m0/s1. The summed E-state index contributed by atoms with van der Waals surface area (Å²) >= 11 is 0. The van der Waals surface area contributed by atoms with Crippen molar-refractivity contribution in [1.29, 1.82) is 0 Å². The third-order valence-electron chi connectivity index (χ3n) is 6.28.